The van der Waals surface area contributed by atoms with E-state index in [9.17, 15) is 8.42 Å². The summed E-state index contributed by atoms with van der Waals surface area (Å²) in [6.45, 7) is 0. The Hall–Kier alpha value is -1.35. The van der Waals surface area contributed by atoms with Gasteiger partial charge in [-0.2, -0.15) is 5.26 Å². The first-order valence-electron chi connectivity index (χ1n) is 6.16. The fourth-order valence-corrected chi connectivity index (χ4v) is 3.59. The Balaban J connectivity index is 2.05. The van der Waals surface area contributed by atoms with Crippen molar-refractivity contribution in [2.45, 2.75) is 44.3 Å². The molecule has 0 unspecified atom stereocenters. The highest BCUT2D eigenvalue weighted by Crippen LogP contribution is 2.25. The lowest BCUT2D eigenvalue weighted by molar-refractivity contribution is 0.369. The minimum atomic E-state index is -3.18. The van der Waals surface area contributed by atoms with Gasteiger partial charge in [-0.1, -0.05) is 5.16 Å². The van der Waals surface area contributed by atoms with E-state index < -0.39 is 9.84 Å². The Morgan fingerprint density at radius 1 is 1.33 bits per heavy atom. The highest BCUT2D eigenvalue weighted by molar-refractivity contribution is 7.90. The third-order valence-corrected chi connectivity index (χ3v) is 4.76. The van der Waals surface area contributed by atoms with Crippen molar-refractivity contribution in [3.63, 3.8) is 0 Å². The maximum absolute atomic E-state index is 11.9. The second-order valence-electron chi connectivity index (χ2n) is 4.59. The van der Waals surface area contributed by atoms with Gasteiger partial charge in [0.1, 0.15) is 11.5 Å². The van der Waals surface area contributed by atoms with Crippen molar-refractivity contribution in [2.24, 2.45) is 0 Å². The van der Waals surface area contributed by atoms with Crippen LogP contribution in [0.4, 0.5) is 0 Å². The maximum Gasteiger partial charge on any atom is 0.156 e. The van der Waals surface area contributed by atoms with Crippen molar-refractivity contribution in [3.05, 3.63) is 17.0 Å². The smallest absolute Gasteiger partial charge is 0.156 e. The average molecular weight is 268 g/mol. The summed E-state index contributed by atoms with van der Waals surface area (Å²) in [4.78, 5) is 0. The summed E-state index contributed by atoms with van der Waals surface area (Å²) in [7, 11) is -3.18. The molecule has 1 aromatic heterocycles. The summed E-state index contributed by atoms with van der Waals surface area (Å²) in [5.74, 6) is 0.836. The van der Waals surface area contributed by atoms with Gasteiger partial charge in [-0.05, 0) is 25.7 Å². The van der Waals surface area contributed by atoms with Gasteiger partial charge in [-0.15, -0.1) is 0 Å². The van der Waals surface area contributed by atoms with E-state index in [0.29, 0.717) is 12.1 Å². The van der Waals surface area contributed by atoms with Crippen molar-refractivity contribution in [2.75, 3.05) is 5.75 Å². The molecule has 1 aliphatic carbocycles. The molecule has 0 aromatic carbocycles. The average Bonchev–Trinajstić information content (AvgIpc) is 2.72. The monoisotopic (exact) mass is 268 g/mol. The molecule has 1 heterocycles. The minimum Gasteiger partial charge on any atom is -0.361 e. The van der Waals surface area contributed by atoms with Gasteiger partial charge >= 0.3 is 0 Å². The van der Waals surface area contributed by atoms with Crippen LogP contribution in [0, 0.1) is 11.3 Å². The summed E-state index contributed by atoms with van der Waals surface area (Å²) in [6, 6.07) is 1.95. The van der Waals surface area contributed by atoms with Crippen molar-refractivity contribution in [1.82, 2.24) is 5.16 Å². The van der Waals surface area contributed by atoms with Crippen molar-refractivity contribution in [1.29, 1.82) is 5.26 Å². The Kier molecular flexibility index (Phi) is 4.02. The number of sulfone groups is 1. The lowest BCUT2D eigenvalue weighted by atomic mass is 9.97. The van der Waals surface area contributed by atoms with Gasteiger partial charge in [0.25, 0.3) is 0 Å². The second-order valence-corrected chi connectivity index (χ2v) is 6.78. The minimum absolute atomic E-state index is 0.0438. The van der Waals surface area contributed by atoms with Gasteiger partial charge in [0, 0.05) is 18.4 Å². The highest BCUT2D eigenvalue weighted by Gasteiger charge is 2.23. The molecule has 0 bridgehead atoms. The first-order valence-corrected chi connectivity index (χ1v) is 7.98. The predicted octanol–water partition coefficient (Wildman–Crippen LogP) is 1.77. The van der Waals surface area contributed by atoms with Crippen molar-refractivity contribution >= 4 is 9.84 Å². The fraction of sp³-hybridized carbons (Fsp3) is 0.667. The summed E-state index contributed by atoms with van der Waals surface area (Å²) in [5.41, 5.74) is 1.56. The first kappa shape index (κ1) is 13.1. The molecule has 0 aliphatic heterocycles. The van der Waals surface area contributed by atoms with Gasteiger partial charge < -0.3 is 4.52 Å². The molecule has 0 fully saturated rings. The molecule has 0 radical (unpaired) electrons. The molecule has 2 rings (SSSR count). The van der Waals surface area contributed by atoms with Crippen LogP contribution in [-0.4, -0.2) is 19.3 Å². The van der Waals surface area contributed by atoms with E-state index in [-0.39, 0.29) is 17.9 Å². The number of aromatic nitrogens is 1. The largest absolute Gasteiger partial charge is 0.361 e. The fourth-order valence-electron chi connectivity index (χ4n) is 2.21. The van der Waals surface area contributed by atoms with E-state index in [2.05, 4.69) is 5.16 Å². The molecule has 0 spiro atoms. The molecule has 5 nitrogen and oxygen atoms in total. The Morgan fingerprint density at radius 3 is 2.89 bits per heavy atom. The van der Waals surface area contributed by atoms with Gasteiger partial charge in [0.05, 0.1) is 17.6 Å². The van der Waals surface area contributed by atoms with E-state index in [4.69, 9.17) is 9.78 Å². The summed E-state index contributed by atoms with van der Waals surface area (Å²) < 4.78 is 28.9. The van der Waals surface area contributed by atoms with Crippen LogP contribution in [0.5, 0.6) is 0 Å². The normalized spacial score (nSPS) is 15.1. The third kappa shape index (κ3) is 3.10. The van der Waals surface area contributed by atoms with Crippen molar-refractivity contribution in [3.8, 4) is 6.07 Å². The molecular formula is C12H16N2O3S. The van der Waals surface area contributed by atoms with E-state index in [0.717, 1.165) is 37.0 Å². The number of aryl methyl sites for hydroxylation is 1. The molecule has 6 heteroatoms. The highest BCUT2D eigenvalue weighted by atomic mass is 32.2. The molecule has 98 valence electrons. The number of hydrogen-bond acceptors (Lipinski definition) is 5. The number of hydrogen-bond donors (Lipinski definition) is 0. The van der Waals surface area contributed by atoms with Crippen LogP contribution < -0.4 is 0 Å². The summed E-state index contributed by atoms with van der Waals surface area (Å²) >= 11 is 0. The molecule has 0 saturated heterocycles. The van der Waals surface area contributed by atoms with Crippen LogP contribution in [0.1, 0.15) is 42.7 Å². The first-order chi connectivity index (χ1) is 8.62. The van der Waals surface area contributed by atoms with E-state index in [1.165, 1.54) is 0 Å². The second kappa shape index (κ2) is 5.53. The van der Waals surface area contributed by atoms with Crippen LogP contribution in [0.25, 0.3) is 0 Å². The quantitative estimate of drug-likeness (QED) is 0.760. The predicted molar refractivity (Wildman–Crippen MR) is 65.5 cm³/mol. The van der Waals surface area contributed by atoms with Crippen LogP contribution >= 0.6 is 0 Å². The van der Waals surface area contributed by atoms with Gasteiger partial charge in [-0.3, -0.25) is 0 Å². The molecule has 0 saturated carbocycles. The number of nitrogens with zero attached hydrogens (tertiary/aromatic N) is 2. The number of fused-ring (bicyclic) bond motifs is 1. The SMILES string of the molecule is N#CCCCS(=O)(=O)Cc1noc2c1CCCC2. The molecule has 0 N–H and O–H groups in total. The Bertz CT molecular complexity index is 554. The molecular weight excluding hydrogens is 252 g/mol. The zero-order valence-corrected chi connectivity index (χ0v) is 11.0. The number of rotatable bonds is 5. The zero-order valence-electron chi connectivity index (χ0n) is 10.2. The van der Waals surface area contributed by atoms with E-state index in [1.54, 1.807) is 0 Å². The standard InChI is InChI=1S/C12H16N2O3S/c13-7-3-4-8-18(15,16)9-11-10-5-1-2-6-12(10)17-14-11/h1-6,8-9H2. The molecule has 18 heavy (non-hydrogen) atoms. The van der Waals surface area contributed by atoms with Crippen LogP contribution in [0.15, 0.2) is 4.52 Å². The third-order valence-electron chi connectivity index (χ3n) is 3.13. The number of unbranched alkanes of at least 4 members (excludes halogenated alkanes) is 1. The Morgan fingerprint density at radius 2 is 2.11 bits per heavy atom. The van der Waals surface area contributed by atoms with Gasteiger partial charge in [0.2, 0.25) is 0 Å². The van der Waals surface area contributed by atoms with E-state index in [1.807, 2.05) is 6.07 Å². The van der Waals surface area contributed by atoms with E-state index >= 15 is 0 Å². The topological polar surface area (TPSA) is 84.0 Å². The number of nitriles is 1. The summed E-state index contributed by atoms with van der Waals surface area (Å²) in [5, 5.41) is 12.3. The maximum atomic E-state index is 11.9. The summed E-state index contributed by atoms with van der Waals surface area (Å²) in [6.07, 6.45) is 4.53. The zero-order chi connectivity index (χ0) is 13.0. The van der Waals surface area contributed by atoms with Crippen molar-refractivity contribution < 1.29 is 12.9 Å². The van der Waals surface area contributed by atoms with Crippen LogP contribution in [0.2, 0.25) is 0 Å². The lowest BCUT2D eigenvalue weighted by Gasteiger charge is -2.09. The molecule has 1 aromatic rings. The molecule has 0 atom stereocenters. The molecule has 1 aliphatic rings. The Labute approximate surface area is 107 Å². The van der Waals surface area contributed by atoms with Crippen LogP contribution in [0.3, 0.4) is 0 Å². The molecule has 0 amide bonds. The van der Waals surface area contributed by atoms with Gasteiger partial charge in [-0.25, -0.2) is 8.42 Å². The van der Waals surface area contributed by atoms with Crippen LogP contribution in [-0.2, 0) is 28.4 Å². The van der Waals surface area contributed by atoms with Gasteiger partial charge in [0.15, 0.2) is 9.84 Å². The lowest BCUT2D eigenvalue weighted by Crippen LogP contribution is -2.12.